The zero-order valence-electron chi connectivity index (χ0n) is 16.0. The third-order valence-corrected chi connectivity index (χ3v) is 5.81. The van der Waals surface area contributed by atoms with Crippen LogP contribution in [0, 0.1) is 0 Å². The standard InChI is InChI=1S/C21H26N4O2/c1-24-14-16-5-3-4-6-19(16)27-21(15-24)9-7-17(8-10-21)25(2)20(26)18-13-22-11-12-23-18/h3-6,11-13,17H,7-10,14-15H2,1-2H3. The predicted octanol–water partition coefficient (Wildman–Crippen LogP) is 2.75. The molecule has 1 aliphatic heterocycles. The second-order valence-electron chi connectivity index (χ2n) is 7.80. The van der Waals surface area contributed by atoms with E-state index >= 15 is 0 Å². The minimum atomic E-state index is -0.172. The van der Waals surface area contributed by atoms with Gasteiger partial charge in [0.2, 0.25) is 0 Å². The summed E-state index contributed by atoms with van der Waals surface area (Å²) in [5, 5.41) is 0. The quantitative estimate of drug-likeness (QED) is 0.818. The van der Waals surface area contributed by atoms with Gasteiger partial charge in [-0.15, -0.1) is 0 Å². The van der Waals surface area contributed by atoms with Gasteiger partial charge >= 0.3 is 0 Å². The molecular weight excluding hydrogens is 340 g/mol. The third-order valence-electron chi connectivity index (χ3n) is 5.81. The molecule has 0 radical (unpaired) electrons. The molecule has 2 aromatic rings. The van der Waals surface area contributed by atoms with Crippen LogP contribution in [0.3, 0.4) is 0 Å². The summed E-state index contributed by atoms with van der Waals surface area (Å²) in [5.41, 5.74) is 1.47. The first-order valence-electron chi connectivity index (χ1n) is 9.55. The van der Waals surface area contributed by atoms with Gasteiger partial charge in [0.25, 0.3) is 5.91 Å². The molecule has 0 atom stereocenters. The first-order valence-corrected chi connectivity index (χ1v) is 9.55. The minimum Gasteiger partial charge on any atom is -0.486 e. The summed E-state index contributed by atoms with van der Waals surface area (Å²) in [6, 6.07) is 8.53. The summed E-state index contributed by atoms with van der Waals surface area (Å²) in [5.74, 6) is 0.942. The largest absolute Gasteiger partial charge is 0.486 e. The number of likely N-dealkylation sites (N-methyl/N-ethyl adjacent to an activating group) is 1. The molecule has 0 unspecified atom stereocenters. The number of rotatable bonds is 2. The average molecular weight is 366 g/mol. The van der Waals surface area contributed by atoms with Crippen LogP contribution in [0.25, 0.3) is 0 Å². The lowest BCUT2D eigenvalue weighted by Gasteiger charge is -2.43. The molecule has 6 heteroatoms. The van der Waals surface area contributed by atoms with Crippen molar-refractivity contribution in [2.24, 2.45) is 0 Å². The van der Waals surface area contributed by atoms with Crippen LogP contribution < -0.4 is 4.74 Å². The van der Waals surface area contributed by atoms with Crippen molar-refractivity contribution < 1.29 is 9.53 Å². The number of nitrogens with zero attached hydrogens (tertiary/aromatic N) is 4. The molecule has 1 aromatic heterocycles. The van der Waals surface area contributed by atoms with Crippen molar-refractivity contribution in [1.29, 1.82) is 0 Å². The van der Waals surface area contributed by atoms with Crippen LogP contribution in [0.5, 0.6) is 5.75 Å². The van der Waals surface area contributed by atoms with Gasteiger partial charge in [-0.3, -0.25) is 14.7 Å². The van der Waals surface area contributed by atoms with Gasteiger partial charge in [0.05, 0.1) is 6.20 Å². The number of carbonyl (C=O) groups excluding carboxylic acids is 1. The maximum absolute atomic E-state index is 12.7. The van der Waals surface area contributed by atoms with Gasteiger partial charge in [0.1, 0.15) is 17.0 Å². The number of hydrogen-bond donors (Lipinski definition) is 0. The Morgan fingerprint density at radius 1 is 1.26 bits per heavy atom. The molecule has 1 aliphatic carbocycles. The molecule has 0 N–H and O–H groups in total. The lowest BCUT2D eigenvalue weighted by Crippen LogP contribution is -2.51. The smallest absolute Gasteiger partial charge is 0.274 e. The summed E-state index contributed by atoms with van der Waals surface area (Å²) in [7, 11) is 4.03. The molecule has 1 spiro atoms. The van der Waals surface area contributed by atoms with E-state index in [0.29, 0.717) is 5.69 Å². The van der Waals surface area contributed by atoms with Crippen molar-refractivity contribution in [3.8, 4) is 5.75 Å². The van der Waals surface area contributed by atoms with Crippen LogP contribution >= 0.6 is 0 Å². The van der Waals surface area contributed by atoms with Crippen LogP contribution in [0.2, 0.25) is 0 Å². The van der Waals surface area contributed by atoms with E-state index in [1.807, 2.05) is 18.0 Å². The van der Waals surface area contributed by atoms with Gasteiger partial charge in [0.15, 0.2) is 0 Å². The van der Waals surface area contributed by atoms with Crippen LogP contribution in [-0.2, 0) is 6.54 Å². The maximum atomic E-state index is 12.7. The number of para-hydroxylation sites is 1. The second kappa shape index (κ2) is 7.27. The Bertz CT molecular complexity index is 803. The van der Waals surface area contributed by atoms with Gasteiger partial charge in [0, 0.05) is 44.1 Å². The average Bonchev–Trinajstić information content (AvgIpc) is 2.83. The van der Waals surface area contributed by atoms with Gasteiger partial charge < -0.3 is 9.64 Å². The highest BCUT2D eigenvalue weighted by molar-refractivity contribution is 5.92. The fourth-order valence-electron chi connectivity index (χ4n) is 4.37. The van der Waals surface area contributed by atoms with E-state index < -0.39 is 0 Å². The molecule has 2 heterocycles. The SMILES string of the molecule is CN1Cc2ccccc2OC2(CCC(N(C)C(=O)c3cnccn3)CC2)C1. The van der Waals surface area contributed by atoms with Crippen LogP contribution in [0.1, 0.15) is 41.7 Å². The Morgan fingerprint density at radius 2 is 2.04 bits per heavy atom. The lowest BCUT2D eigenvalue weighted by molar-refractivity contribution is -0.00850. The summed E-state index contributed by atoms with van der Waals surface area (Å²) in [6.07, 6.45) is 8.41. The molecule has 6 nitrogen and oxygen atoms in total. The van der Waals surface area contributed by atoms with Crippen molar-refractivity contribution in [3.05, 3.63) is 54.1 Å². The Morgan fingerprint density at radius 3 is 2.78 bits per heavy atom. The van der Waals surface area contributed by atoms with Crippen molar-refractivity contribution in [1.82, 2.24) is 19.8 Å². The van der Waals surface area contributed by atoms with Crippen LogP contribution in [0.4, 0.5) is 0 Å². The van der Waals surface area contributed by atoms with E-state index in [2.05, 4.69) is 40.1 Å². The van der Waals surface area contributed by atoms with E-state index in [-0.39, 0.29) is 17.6 Å². The Hall–Kier alpha value is -2.47. The molecular formula is C21H26N4O2. The molecule has 1 fully saturated rings. The number of hydrogen-bond acceptors (Lipinski definition) is 5. The van der Waals surface area contributed by atoms with Crippen LogP contribution in [-0.4, -0.2) is 58.0 Å². The Labute approximate surface area is 160 Å². The highest BCUT2D eigenvalue weighted by Gasteiger charge is 2.41. The topological polar surface area (TPSA) is 58.6 Å². The lowest BCUT2D eigenvalue weighted by atomic mass is 9.81. The van der Waals surface area contributed by atoms with Crippen molar-refractivity contribution >= 4 is 5.91 Å². The van der Waals surface area contributed by atoms with Gasteiger partial charge in [-0.05, 0) is 38.8 Å². The summed E-state index contributed by atoms with van der Waals surface area (Å²) < 4.78 is 6.56. The summed E-state index contributed by atoms with van der Waals surface area (Å²) >= 11 is 0. The molecule has 27 heavy (non-hydrogen) atoms. The molecule has 0 saturated heterocycles. The van der Waals surface area contributed by atoms with Gasteiger partial charge in [-0.25, -0.2) is 4.98 Å². The number of benzene rings is 1. The van der Waals surface area contributed by atoms with E-state index in [1.165, 1.54) is 11.8 Å². The van der Waals surface area contributed by atoms with E-state index in [1.54, 1.807) is 12.4 Å². The Balaban J connectivity index is 1.46. The fourth-order valence-corrected chi connectivity index (χ4v) is 4.37. The number of ether oxygens (including phenoxy) is 1. The molecule has 142 valence electrons. The van der Waals surface area contributed by atoms with E-state index in [9.17, 15) is 4.79 Å². The van der Waals surface area contributed by atoms with E-state index in [4.69, 9.17) is 4.74 Å². The van der Waals surface area contributed by atoms with Gasteiger partial charge in [-0.1, -0.05) is 18.2 Å². The molecule has 1 saturated carbocycles. The highest BCUT2D eigenvalue weighted by Crippen LogP contribution is 2.39. The molecule has 1 aromatic carbocycles. The zero-order valence-corrected chi connectivity index (χ0v) is 16.0. The monoisotopic (exact) mass is 366 g/mol. The number of amides is 1. The van der Waals surface area contributed by atoms with E-state index in [0.717, 1.165) is 44.5 Å². The summed E-state index contributed by atoms with van der Waals surface area (Å²) in [6.45, 7) is 1.82. The number of fused-ring (bicyclic) bond motifs is 1. The Kier molecular flexibility index (Phi) is 4.83. The first-order chi connectivity index (χ1) is 13.1. The molecule has 1 amide bonds. The highest BCUT2D eigenvalue weighted by atomic mass is 16.5. The fraction of sp³-hybridized carbons (Fsp3) is 0.476. The van der Waals surface area contributed by atoms with Crippen LogP contribution in [0.15, 0.2) is 42.9 Å². The molecule has 2 aliphatic rings. The minimum absolute atomic E-state index is 0.0618. The third kappa shape index (κ3) is 3.67. The second-order valence-corrected chi connectivity index (χ2v) is 7.80. The normalized spacial score (nSPS) is 25.3. The van der Waals surface area contributed by atoms with Crippen molar-refractivity contribution in [2.75, 3.05) is 20.6 Å². The summed E-state index contributed by atoms with van der Waals surface area (Å²) in [4.78, 5) is 25.0. The zero-order chi connectivity index (χ0) is 18.9. The maximum Gasteiger partial charge on any atom is 0.274 e. The first kappa shape index (κ1) is 17.9. The van der Waals surface area contributed by atoms with Crippen molar-refractivity contribution in [3.63, 3.8) is 0 Å². The molecule has 0 bridgehead atoms. The number of carbonyl (C=O) groups is 1. The predicted molar refractivity (Wildman–Crippen MR) is 103 cm³/mol. The molecule has 4 rings (SSSR count). The number of aromatic nitrogens is 2. The van der Waals surface area contributed by atoms with Gasteiger partial charge in [-0.2, -0.15) is 0 Å². The van der Waals surface area contributed by atoms with Crippen molar-refractivity contribution in [2.45, 2.75) is 43.9 Å².